The summed E-state index contributed by atoms with van der Waals surface area (Å²) in [5.74, 6) is -0.563. The molecule has 66 valence electrons. The Kier molecular flexibility index (Phi) is 2.32. The van der Waals surface area contributed by atoms with Gasteiger partial charge in [0.15, 0.2) is 10.9 Å². The number of H-pyrrole nitrogens is 1. The topological polar surface area (TPSA) is 53.1 Å². The Morgan fingerprint density at radius 2 is 2.17 bits per heavy atom. The Hall–Kier alpha value is -1.10. The summed E-state index contributed by atoms with van der Waals surface area (Å²) in [7, 11) is 0. The fraction of sp³-hybridized carbons (Fsp3) is 0.167. The van der Waals surface area contributed by atoms with Gasteiger partial charge in [-0.15, -0.1) is 0 Å². The number of pyridine rings is 1. The Morgan fingerprint density at radius 3 is 2.67 bits per heavy atom. The van der Waals surface area contributed by atoms with Crippen molar-refractivity contribution < 1.29 is 13.9 Å². The second-order valence-electron chi connectivity index (χ2n) is 2.05. The van der Waals surface area contributed by atoms with Crippen LogP contribution in [0.2, 0.25) is 5.15 Å². The van der Waals surface area contributed by atoms with E-state index in [1.165, 1.54) is 0 Å². The van der Waals surface area contributed by atoms with Gasteiger partial charge in [0.05, 0.1) is 5.56 Å². The monoisotopic (exact) mass is 195 g/mol. The Balaban J connectivity index is 3.33. The summed E-state index contributed by atoms with van der Waals surface area (Å²) in [6.45, 7) is 0. The van der Waals surface area contributed by atoms with Gasteiger partial charge >= 0.3 is 0 Å². The number of rotatable bonds is 1. The zero-order valence-electron chi connectivity index (χ0n) is 5.64. The molecule has 3 nitrogen and oxygen atoms in total. The van der Waals surface area contributed by atoms with E-state index in [1.807, 2.05) is 4.98 Å². The number of aromatic hydroxyl groups is 1. The van der Waals surface area contributed by atoms with Crippen LogP contribution >= 0.6 is 11.6 Å². The molecule has 0 unspecified atom stereocenters. The normalized spacial score (nSPS) is 10.7. The van der Waals surface area contributed by atoms with E-state index in [-0.39, 0.29) is 5.15 Å². The Bertz CT molecular complexity index is 350. The van der Waals surface area contributed by atoms with Crippen molar-refractivity contribution in [1.29, 1.82) is 0 Å². The Labute approximate surface area is 70.6 Å². The molecule has 0 aliphatic heterocycles. The first-order valence-electron chi connectivity index (χ1n) is 2.92. The van der Waals surface area contributed by atoms with Crippen molar-refractivity contribution in [3.8, 4) is 5.75 Å². The van der Waals surface area contributed by atoms with E-state index in [4.69, 9.17) is 16.7 Å². The lowest BCUT2D eigenvalue weighted by Gasteiger charge is -2.00. The quantitative estimate of drug-likeness (QED) is 0.670. The predicted octanol–water partition coefficient (Wildman–Crippen LogP) is 1.67. The predicted molar refractivity (Wildman–Crippen MR) is 38.7 cm³/mol. The fourth-order valence-corrected chi connectivity index (χ4v) is 0.815. The van der Waals surface area contributed by atoms with Crippen molar-refractivity contribution in [2.24, 2.45) is 0 Å². The van der Waals surface area contributed by atoms with E-state index in [1.54, 1.807) is 0 Å². The van der Waals surface area contributed by atoms with Gasteiger partial charge in [0.1, 0.15) is 0 Å². The molecule has 1 aromatic heterocycles. The fourth-order valence-electron chi connectivity index (χ4n) is 0.674. The molecule has 0 spiro atoms. The molecule has 0 radical (unpaired) electrons. The maximum atomic E-state index is 12.0. The molecule has 0 amide bonds. The van der Waals surface area contributed by atoms with Crippen LogP contribution in [0.5, 0.6) is 5.75 Å². The lowest BCUT2D eigenvalue weighted by molar-refractivity contribution is 0.149. The van der Waals surface area contributed by atoms with Gasteiger partial charge in [-0.25, -0.2) is 8.78 Å². The van der Waals surface area contributed by atoms with Crippen LogP contribution in [-0.4, -0.2) is 10.1 Å². The lowest BCUT2D eigenvalue weighted by atomic mass is 10.3. The van der Waals surface area contributed by atoms with Gasteiger partial charge in [-0.3, -0.25) is 4.79 Å². The van der Waals surface area contributed by atoms with Gasteiger partial charge in [-0.2, -0.15) is 0 Å². The smallest absolute Gasteiger partial charge is 0.269 e. The third-order valence-electron chi connectivity index (χ3n) is 1.24. The highest BCUT2D eigenvalue weighted by Gasteiger charge is 2.14. The third kappa shape index (κ3) is 1.55. The van der Waals surface area contributed by atoms with Crippen molar-refractivity contribution in [1.82, 2.24) is 4.98 Å². The SMILES string of the molecule is O=c1[nH]c(Cl)c(O)cc1C(F)F. The Morgan fingerprint density at radius 1 is 1.58 bits per heavy atom. The summed E-state index contributed by atoms with van der Waals surface area (Å²) in [5.41, 5.74) is -1.79. The van der Waals surface area contributed by atoms with E-state index in [9.17, 15) is 13.6 Å². The van der Waals surface area contributed by atoms with Crippen LogP contribution in [0.25, 0.3) is 0 Å². The van der Waals surface area contributed by atoms with Crippen molar-refractivity contribution in [2.75, 3.05) is 0 Å². The number of nitrogens with one attached hydrogen (secondary N) is 1. The molecule has 12 heavy (non-hydrogen) atoms. The van der Waals surface area contributed by atoms with Crippen LogP contribution in [0, 0.1) is 0 Å². The molecular formula is C6H4ClF2NO2. The summed E-state index contributed by atoms with van der Waals surface area (Å²) in [6.07, 6.45) is -2.92. The van der Waals surface area contributed by atoms with E-state index in [0.717, 1.165) is 0 Å². The van der Waals surface area contributed by atoms with E-state index in [2.05, 4.69) is 0 Å². The minimum atomic E-state index is -2.92. The highest BCUT2D eigenvalue weighted by molar-refractivity contribution is 6.30. The summed E-state index contributed by atoms with van der Waals surface area (Å²) < 4.78 is 23.9. The number of alkyl halides is 2. The molecule has 0 bridgehead atoms. The number of halogens is 3. The van der Waals surface area contributed by atoms with Crippen molar-refractivity contribution >= 4 is 11.6 Å². The van der Waals surface area contributed by atoms with Gasteiger partial charge in [-0.05, 0) is 6.07 Å². The van der Waals surface area contributed by atoms with Crippen LogP contribution in [0.1, 0.15) is 12.0 Å². The van der Waals surface area contributed by atoms with Gasteiger partial charge in [-0.1, -0.05) is 11.6 Å². The zero-order valence-corrected chi connectivity index (χ0v) is 6.40. The lowest BCUT2D eigenvalue weighted by Crippen LogP contribution is -2.12. The first kappa shape index (κ1) is 8.99. The molecule has 1 heterocycles. The maximum Gasteiger partial charge on any atom is 0.269 e. The second-order valence-corrected chi connectivity index (χ2v) is 2.43. The van der Waals surface area contributed by atoms with Gasteiger partial charge in [0.2, 0.25) is 0 Å². The molecule has 0 atom stereocenters. The second kappa shape index (κ2) is 3.10. The molecule has 0 aliphatic rings. The molecule has 1 aromatic rings. The standard InChI is InChI=1S/C6H4ClF2NO2/c7-4-3(11)1-2(5(8)9)6(12)10-4/h1,5,11H,(H,10,12). The van der Waals surface area contributed by atoms with Crippen LogP contribution in [0.15, 0.2) is 10.9 Å². The maximum absolute atomic E-state index is 12.0. The molecule has 6 heteroatoms. The summed E-state index contributed by atoms with van der Waals surface area (Å²) in [6, 6.07) is 0.645. The first-order valence-corrected chi connectivity index (χ1v) is 3.30. The highest BCUT2D eigenvalue weighted by atomic mass is 35.5. The minimum Gasteiger partial charge on any atom is -0.505 e. The van der Waals surface area contributed by atoms with E-state index in [0.29, 0.717) is 6.07 Å². The van der Waals surface area contributed by atoms with Gasteiger partial charge in [0.25, 0.3) is 12.0 Å². The number of hydrogen-bond donors (Lipinski definition) is 2. The molecule has 2 N–H and O–H groups in total. The van der Waals surface area contributed by atoms with Crippen LogP contribution in [0.3, 0.4) is 0 Å². The van der Waals surface area contributed by atoms with E-state index >= 15 is 0 Å². The summed E-state index contributed by atoms with van der Waals surface area (Å²) in [5, 5.41) is 8.49. The number of aromatic nitrogens is 1. The molecule has 0 saturated carbocycles. The molecule has 0 fully saturated rings. The zero-order chi connectivity index (χ0) is 9.30. The van der Waals surface area contributed by atoms with Crippen LogP contribution in [-0.2, 0) is 0 Å². The van der Waals surface area contributed by atoms with Gasteiger partial charge in [0, 0.05) is 0 Å². The molecular weight excluding hydrogens is 192 g/mol. The number of aromatic amines is 1. The third-order valence-corrected chi connectivity index (χ3v) is 1.53. The summed E-state index contributed by atoms with van der Waals surface area (Å²) in [4.78, 5) is 12.6. The molecule has 0 saturated heterocycles. The average Bonchev–Trinajstić information content (AvgIpc) is 1.96. The van der Waals surface area contributed by atoms with Gasteiger partial charge < -0.3 is 10.1 Å². The largest absolute Gasteiger partial charge is 0.505 e. The highest BCUT2D eigenvalue weighted by Crippen LogP contribution is 2.23. The first-order chi connectivity index (χ1) is 5.52. The van der Waals surface area contributed by atoms with Crippen molar-refractivity contribution in [2.45, 2.75) is 6.43 Å². The van der Waals surface area contributed by atoms with Crippen LogP contribution in [0.4, 0.5) is 8.78 Å². The number of hydrogen-bond acceptors (Lipinski definition) is 2. The van der Waals surface area contributed by atoms with E-state index < -0.39 is 23.3 Å². The van der Waals surface area contributed by atoms with Crippen molar-refractivity contribution in [3.63, 3.8) is 0 Å². The molecule has 0 aromatic carbocycles. The molecule has 0 aliphatic carbocycles. The minimum absolute atomic E-state index is 0.343. The van der Waals surface area contributed by atoms with Crippen molar-refractivity contribution in [3.05, 3.63) is 27.1 Å². The molecule has 1 rings (SSSR count). The summed E-state index contributed by atoms with van der Waals surface area (Å²) >= 11 is 5.24. The average molecular weight is 196 g/mol. The van der Waals surface area contributed by atoms with Crippen LogP contribution < -0.4 is 5.56 Å².